The fourth-order valence-electron chi connectivity index (χ4n) is 2.24. The third kappa shape index (κ3) is 1.87. The summed E-state index contributed by atoms with van der Waals surface area (Å²) in [6.07, 6.45) is 0. The van der Waals surface area contributed by atoms with Crippen LogP contribution in [0.3, 0.4) is 0 Å². The van der Waals surface area contributed by atoms with Gasteiger partial charge in [-0.25, -0.2) is 0 Å². The van der Waals surface area contributed by atoms with Crippen molar-refractivity contribution in [2.75, 3.05) is 0 Å². The first kappa shape index (κ1) is 11.5. The van der Waals surface area contributed by atoms with E-state index in [-0.39, 0.29) is 5.56 Å². The molecule has 1 aromatic heterocycles. The highest BCUT2D eigenvalue weighted by molar-refractivity contribution is 6.09. The number of rotatable bonds is 1. The highest BCUT2D eigenvalue weighted by atomic mass is 16.5. The van der Waals surface area contributed by atoms with Crippen molar-refractivity contribution in [1.29, 1.82) is 0 Å². The van der Waals surface area contributed by atoms with Crippen LogP contribution in [0.2, 0.25) is 0 Å². The van der Waals surface area contributed by atoms with Crippen LogP contribution in [0.15, 0.2) is 47.3 Å². The summed E-state index contributed by atoms with van der Waals surface area (Å²) in [6.45, 7) is 1.34. The Morgan fingerprint density at radius 1 is 1.05 bits per heavy atom. The van der Waals surface area contributed by atoms with Crippen LogP contribution in [0.1, 0.15) is 6.92 Å². The molecule has 0 bridgehead atoms. The van der Waals surface area contributed by atoms with E-state index in [1.807, 2.05) is 24.3 Å². The molecule has 0 aliphatic heterocycles. The number of hydrogen-bond acceptors (Lipinski definition) is 3. The maximum Gasteiger partial charge on any atom is 0.308 e. The van der Waals surface area contributed by atoms with Gasteiger partial charge in [0.1, 0.15) is 5.75 Å². The van der Waals surface area contributed by atoms with Gasteiger partial charge in [-0.2, -0.15) is 0 Å². The van der Waals surface area contributed by atoms with Gasteiger partial charge in [0, 0.05) is 23.2 Å². The Morgan fingerprint density at radius 3 is 2.58 bits per heavy atom. The lowest BCUT2D eigenvalue weighted by molar-refractivity contribution is -0.131. The summed E-state index contributed by atoms with van der Waals surface area (Å²) >= 11 is 0. The molecule has 0 atom stereocenters. The molecule has 3 aromatic rings. The van der Waals surface area contributed by atoms with Crippen molar-refractivity contribution in [3.8, 4) is 5.75 Å². The van der Waals surface area contributed by atoms with Crippen molar-refractivity contribution in [2.24, 2.45) is 0 Å². The number of esters is 1. The van der Waals surface area contributed by atoms with Crippen LogP contribution in [0, 0.1) is 0 Å². The van der Waals surface area contributed by atoms with Gasteiger partial charge in [-0.15, -0.1) is 0 Å². The summed E-state index contributed by atoms with van der Waals surface area (Å²) in [5.74, 6) is 0.00385. The summed E-state index contributed by atoms with van der Waals surface area (Å²) in [6, 6.07) is 12.5. The van der Waals surface area contributed by atoms with Gasteiger partial charge < -0.3 is 9.72 Å². The number of carbonyl (C=O) groups excluding carboxylic acids is 1. The Balaban J connectivity index is 2.52. The van der Waals surface area contributed by atoms with Crippen LogP contribution < -0.4 is 10.3 Å². The van der Waals surface area contributed by atoms with Crippen molar-refractivity contribution >= 4 is 27.6 Å². The summed E-state index contributed by atoms with van der Waals surface area (Å²) in [4.78, 5) is 26.0. The van der Waals surface area contributed by atoms with Gasteiger partial charge in [-0.05, 0) is 18.2 Å². The molecule has 3 rings (SSSR count). The minimum Gasteiger partial charge on any atom is -0.426 e. The van der Waals surface area contributed by atoms with Gasteiger partial charge in [-0.3, -0.25) is 9.59 Å². The lowest BCUT2D eigenvalue weighted by atomic mass is 10.1. The molecule has 0 spiro atoms. The Kier molecular flexibility index (Phi) is 2.56. The van der Waals surface area contributed by atoms with E-state index in [9.17, 15) is 9.59 Å². The minimum absolute atomic E-state index is 0.192. The predicted molar refractivity (Wildman–Crippen MR) is 73.4 cm³/mol. The fourth-order valence-corrected chi connectivity index (χ4v) is 2.24. The number of carbonyl (C=O) groups is 1. The predicted octanol–water partition coefficient (Wildman–Crippen LogP) is 2.61. The zero-order valence-electron chi connectivity index (χ0n) is 10.3. The van der Waals surface area contributed by atoms with Crippen molar-refractivity contribution < 1.29 is 9.53 Å². The highest BCUT2D eigenvalue weighted by Gasteiger charge is 2.11. The molecule has 0 aliphatic rings. The summed E-state index contributed by atoms with van der Waals surface area (Å²) in [5, 5.41) is 2.03. The molecule has 0 unspecified atom stereocenters. The normalized spacial score (nSPS) is 10.8. The smallest absolute Gasteiger partial charge is 0.308 e. The number of aromatic nitrogens is 1. The van der Waals surface area contributed by atoms with Gasteiger partial charge >= 0.3 is 5.97 Å². The van der Waals surface area contributed by atoms with Crippen LogP contribution in [0.4, 0.5) is 0 Å². The lowest BCUT2D eigenvalue weighted by Crippen LogP contribution is -2.08. The topological polar surface area (TPSA) is 59.2 Å². The van der Waals surface area contributed by atoms with Gasteiger partial charge in [0.25, 0.3) is 5.56 Å². The number of para-hydroxylation sites is 1. The first-order valence-electron chi connectivity index (χ1n) is 5.89. The van der Waals surface area contributed by atoms with Gasteiger partial charge in [0.2, 0.25) is 0 Å². The van der Waals surface area contributed by atoms with Gasteiger partial charge in [0.05, 0.1) is 5.39 Å². The van der Waals surface area contributed by atoms with E-state index >= 15 is 0 Å². The fraction of sp³-hybridized carbons (Fsp3) is 0.0667. The molecule has 0 saturated heterocycles. The second-order valence-electron chi connectivity index (χ2n) is 4.27. The Labute approximate surface area is 108 Å². The third-order valence-electron chi connectivity index (χ3n) is 2.97. The number of ether oxygens (including phenoxy) is 1. The largest absolute Gasteiger partial charge is 0.426 e. The molecule has 0 aliphatic carbocycles. The maximum atomic E-state index is 12.0. The molecule has 4 nitrogen and oxygen atoms in total. The molecule has 0 fully saturated rings. The molecular formula is C15H11NO3. The molecule has 1 N–H and O–H groups in total. The standard InChI is InChI=1S/C15H11NO3/c1-9(17)19-13-8-4-6-11-14(13)10-5-2-3-7-12(10)16-15(11)18/h2-8H,1H3,(H,16,18). The van der Waals surface area contributed by atoms with E-state index in [0.29, 0.717) is 16.5 Å². The number of fused-ring (bicyclic) bond motifs is 3. The second-order valence-corrected chi connectivity index (χ2v) is 4.27. The van der Waals surface area contributed by atoms with E-state index in [0.717, 1.165) is 10.9 Å². The lowest BCUT2D eigenvalue weighted by Gasteiger charge is -2.08. The van der Waals surface area contributed by atoms with Crippen LogP contribution in [-0.4, -0.2) is 11.0 Å². The number of nitrogens with one attached hydrogen (secondary N) is 1. The number of hydrogen-bond donors (Lipinski definition) is 1. The molecule has 4 heteroatoms. The first-order chi connectivity index (χ1) is 9.16. The monoisotopic (exact) mass is 253 g/mol. The van der Waals surface area contributed by atoms with Gasteiger partial charge in [-0.1, -0.05) is 24.3 Å². The second kappa shape index (κ2) is 4.24. The highest BCUT2D eigenvalue weighted by Crippen LogP contribution is 2.29. The number of benzene rings is 2. The molecule has 0 amide bonds. The molecular weight excluding hydrogens is 242 g/mol. The molecule has 19 heavy (non-hydrogen) atoms. The zero-order valence-corrected chi connectivity index (χ0v) is 10.3. The number of pyridine rings is 1. The SMILES string of the molecule is CC(=O)Oc1cccc2c(=O)[nH]c3ccccc3c12. The van der Waals surface area contributed by atoms with E-state index < -0.39 is 5.97 Å². The molecule has 1 heterocycles. The number of aromatic amines is 1. The zero-order chi connectivity index (χ0) is 13.4. The molecule has 2 aromatic carbocycles. The van der Waals surface area contributed by atoms with E-state index in [1.165, 1.54) is 6.92 Å². The Hall–Kier alpha value is -2.62. The summed E-state index contributed by atoms with van der Waals surface area (Å²) < 4.78 is 5.20. The van der Waals surface area contributed by atoms with Crippen LogP contribution in [-0.2, 0) is 4.79 Å². The third-order valence-corrected chi connectivity index (χ3v) is 2.97. The van der Waals surface area contributed by atoms with Crippen molar-refractivity contribution in [2.45, 2.75) is 6.92 Å². The van der Waals surface area contributed by atoms with Crippen molar-refractivity contribution in [3.63, 3.8) is 0 Å². The number of H-pyrrole nitrogens is 1. The van der Waals surface area contributed by atoms with Crippen LogP contribution in [0.25, 0.3) is 21.7 Å². The van der Waals surface area contributed by atoms with Crippen molar-refractivity contribution in [3.05, 3.63) is 52.8 Å². The van der Waals surface area contributed by atoms with E-state index in [1.54, 1.807) is 18.2 Å². The quantitative estimate of drug-likeness (QED) is 0.412. The van der Waals surface area contributed by atoms with Crippen LogP contribution >= 0.6 is 0 Å². The molecule has 0 radical (unpaired) electrons. The van der Waals surface area contributed by atoms with Gasteiger partial charge in [0.15, 0.2) is 0 Å². The summed E-state index contributed by atoms with van der Waals surface area (Å²) in [5.41, 5.74) is 0.530. The Bertz CT molecular complexity index is 849. The van der Waals surface area contributed by atoms with E-state index in [2.05, 4.69) is 4.98 Å². The molecule has 0 saturated carbocycles. The average Bonchev–Trinajstić information content (AvgIpc) is 2.38. The first-order valence-corrected chi connectivity index (χ1v) is 5.89. The minimum atomic E-state index is -0.406. The van der Waals surface area contributed by atoms with Crippen molar-refractivity contribution in [1.82, 2.24) is 4.98 Å². The molecule has 94 valence electrons. The maximum absolute atomic E-state index is 12.0. The Morgan fingerprint density at radius 2 is 1.79 bits per heavy atom. The average molecular weight is 253 g/mol. The van der Waals surface area contributed by atoms with E-state index in [4.69, 9.17) is 4.74 Å². The van der Waals surface area contributed by atoms with Crippen LogP contribution in [0.5, 0.6) is 5.75 Å². The summed E-state index contributed by atoms with van der Waals surface area (Å²) in [7, 11) is 0.